The molecule has 184 valence electrons. The third-order valence-corrected chi connectivity index (χ3v) is 9.11. The molecule has 0 amide bonds. The number of unbranched alkanes of at least 4 members (excludes halogenated alkanes) is 1. The van der Waals surface area contributed by atoms with Gasteiger partial charge >= 0.3 is 0 Å². The van der Waals surface area contributed by atoms with Gasteiger partial charge in [-0.25, -0.2) is 8.42 Å². The van der Waals surface area contributed by atoms with Crippen LogP contribution in [0.2, 0.25) is 0 Å². The maximum Gasteiger partial charge on any atom is 0.296 e. The van der Waals surface area contributed by atoms with Crippen molar-refractivity contribution in [1.82, 2.24) is 9.29 Å². The van der Waals surface area contributed by atoms with E-state index in [2.05, 4.69) is 4.98 Å². The van der Waals surface area contributed by atoms with E-state index in [1.807, 2.05) is 26.8 Å². The number of hydrogen-bond acceptors (Lipinski definition) is 6. The van der Waals surface area contributed by atoms with Gasteiger partial charge in [-0.15, -0.1) is 0 Å². The van der Waals surface area contributed by atoms with Gasteiger partial charge in [-0.05, 0) is 49.9 Å². The molecule has 3 aromatic rings. The molecule has 0 saturated heterocycles. The van der Waals surface area contributed by atoms with Gasteiger partial charge in [-0.3, -0.25) is 9.17 Å². The molecule has 0 aliphatic carbocycles. The molecule has 0 spiro atoms. The lowest BCUT2D eigenvalue weighted by Gasteiger charge is -2.21. The highest BCUT2D eigenvalue weighted by Gasteiger charge is 2.24. The smallest absolute Gasteiger partial charge is 0.266 e. The summed E-state index contributed by atoms with van der Waals surface area (Å²) in [5.41, 5.74) is 0.980. The third-order valence-electron chi connectivity index (χ3n) is 5.78. The lowest BCUT2D eigenvalue weighted by molar-refractivity contribution is 0.252. The minimum absolute atomic E-state index is 0.0254. The molecule has 1 aromatic heterocycles. The number of rotatable bonds is 12. The van der Waals surface area contributed by atoms with E-state index in [1.165, 1.54) is 4.31 Å². The van der Waals surface area contributed by atoms with Gasteiger partial charge in [0.1, 0.15) is 0 Å². The molecule has 3 rings (SSSR count). The fourth-order valence-corrected chi connectivity index (χ4v) is 6.47. The summed E-state index contributed by atoms with van der Waals surface area (Å²) in [6.45, 7) is 6.52. The Hall–Kier alpha value is -2.33. The Morgan fingerprint density at radius 3 is 2.44 bits per heavy atom. The van der Waals surface area contributed by atoms with Crippen molar-refractivity contribution in [3.63, 3.8) is 0 Å². The minimum Gasteiger partial charge on any atom is -0.266 e. The Balaban J connectivity index is 1.52. The number of aromatic nitrogens is 1. The summed E-state index contributed by atoms with van der Waals surface area (Å²) in [6.07, 6.45) is 5.43. The van der Waals surface area contributed by atoms with Crippen molar-refractivity contribution >= 4 is 30.9 Å². The van der Waals surface area contributed by atoms with Gasteiger partial charge < -0.3 is 0 Å². The van der Waals surface area contributed by atoms with Gasteiger partial charge in [0.2, 0.25) is 10.0 Å². The molecule has 0 N–H and O–H groups in total. The quantitative estimate of drug-likeness (QED) is 0.261. The molecule has 2 aromatic carbocycles. The molecule has 0 aliphatic rings. The van der Waals surface area contributed by atoms with Crippen LogP contribution in [0.15, 0.2) is 70.7 Å². The Morgan fingerprint density at radius 2 is 1.74 bits per heavy atom. The molecule has 34 heavy (non-hydrogen) atoms. The molecule has 1 atom stereocenters. The lowest BCUT2D eigenvalue weighted by atomic mass is 10.1. The molecular formula is C25H32N2O5S2. The van der Waals surface area contributed by atoms with Crippen LogP contribution in [0.1, 0.15) is 38.7 Å². The number of sulfonamides is 1. The van der Waals surface area contributed by atoms with Crippen LogP contribution in [0.5, 0.6) is 0 Å². The summed E-state index contributed by atoms with van der Waals surface area (Å²) in [6, 6.07) is 13.5. The lowest BCUT2D eigenvalue weighted by Crippen LogP contribution is -2.32. The standard InChI is InChI=1S/C25H32N2O5S2/c1-4-27(33(28,29)25-10-7-9-22-18-26-16-15-24(22)25)17-6-5-8-21(3)19-32-34(30,31)23-13-11-20(2)12-14-23/h7,9-16,18,21H,4-6,8,17,19H2,1-3H3. The van der Waals surface area contributed by atoms with Crippen LogP contribution in [0, 0.1) is 12.8 Å². The molecule has 0 saturated carbocycles. The first kappa shape index (κ1) is 26.3. The van der Waals surface area contributed by atoms with Gasteiger partial charge in [-0.1, -0.05) is 50.1 Å². The molecule has 1 unspecified atom stereocenters. The van der Waals surface area contributed by atoms with Crippen LogP contribution >= 0.6 is 0 Å². The van der Waals surface area contributed by atoms with E-state index >= 15 is 0 Å². The van der Waals surface area contributed by atoms with Gasteiger partial charge in [0.25, 0.3) is 10.1 Å². The highest BCUT2D eigenvalue weighted by atomic mass is 32.2. The van der Waals surface area contributed by atoms with E-state index in [0.717, 1.165) is 23.8 Å². The topological polar surface area (TPSA) is 93.6 Å². The average molecular weight is 505 g/mol. The van der Waals surface area contributed by atoms with Gasteiger partial charge in [0.15, 0.2) is 0 Å². The molecule has 1 heterocycles. The minimum atomic E-state index is -3.78. The highest BCUT2D eigenvalue weighted by Crippen LogP contribution is 2.25. The number of fused-ring (bicyclic) bond motifs is 1. The monoisotopic (exact) mass is 504 g/mol. The van der Waals surface area contributed by atoms with Gasteiger partial charge in [0, 0.05) is 36.3 Å². The van der Waals surface area contributed by atoms with Crippen LogP contribution in [-0.4, -0.2) is 45.8 Å². The van der Waals surface area contributed by atoms with Crippen LogP contribution in [-0.2, 0) is 24.3 Å². The summed E-state index contributed by atoms with van der Waals surface area (Å²) in [5, 5.41) is 1.45. The van der Waals surface area contributed by atoms with Crippen molar-refractivity contribution in [3.05, 3.63) is 66.5 Å². The van der Waals surface area contributed by atoms with Crippen molar-refractivity contribution in [2.45, 2.75) is 49.8 Å². The Morgan fingerprint density at radius 1 is 1.00 bits per heavy atom. The second-order valence-corrected chi connectivity index (χ2v) is 12.0. The first-order chi connectivity index (χ1) is 16.1. The van der Waals surface area contributed by atoms with E-state index < -0.39 is 20.1 Å². The van der Waals surface area contributed by atoms with Gasteiger partial charge in [0.05, 0.1) is 16.4 Å². The average Bonchev–Trinajstić information content (AvgIpc) is 2.82. The zero-order chi connectivity index (χ0) is 24.8. The predicted molar refractivity (Wildman–Crippen MR) is 134 cm³/mol. The van der Waals surface area contributed by atoms with E-state index in [4.69, 9.17) is 4.18 Å². The predicted octanol–water partition coefficient (Wildman–Crippen LogP) is 4.77. The molecule has 0 aliphatic heterocycles. The first-order valence-electron chi connectivity index (χ1n) is 11.4. The molecule has 9 heteroatoms. The van der Waals surface area contributed by atoms with Crippen LogP contribution in [0.3, 0.4) is 0 Å². The van der Waals surface area contributed by atoms with Crippen LogP contribution < -0.4 is 0 Å². The Labute approximate surface area is 203 Å². The maximum absolute atomic E-state index is 13.3. The van der Waals surface area contributed by atoms with Crippen LogP contribution in [0.4, 0.5) is 0 Å². The number of hydrogen-bond donors (Lipinski definition) is 0. The zero-order valence-corrected chi connectivity index (χ0v) is 21.5. The summed E-state index contributed by atoms with van der Waals surface area (Å²) in [7, 11) is -7.42. The normalized spacial score (nSPS) is 13.4. The molecule has 7 nitrogen and oxygen atoms in total. The number of aryl methyl sites for hydroxylation is 1. The summed E-state index contributed by atoms with van der Waals surface area (Å²) >= 11 is 0. The number of benzene rings is 2. The second kappa shape index (κ2) is 11.4. The van der Waals surface area contributed by atoms with E-state index in [-0.39, 0.29) is 22.3 Å². The number of nitrogens with zero attached hydrogens (tertiary/aromatic N) is 2. The van der Waals surface area contributed by atoms with Crippen molar-refractivity contribution < 1.29 is 21.0 Å². The summed E-state index contributed by atoms with van der Waals surface area (Å²) in [4.78, 5) is 4.51. The first-order valence-corrected chi connectivity index (χ1v) is 14.3. The zero-order valence-electron chi connectivity index (χ0n) is 19.8. The largest absolute Gasteiger partial charge is 0.296 e. The molecule has 0 bridgehead atoms. The Kier molecular flexibility index (Phi) is 8.81. The van der Waals surface area contributed by atoms with E-state index in [9.17, 15) is 16.8 Å². The van der Waals surface area contributed by atoms with Gasteiger partial charge in [-0.2, -0.15) is 12.7 Å². The van der Waals surface area contributed by atoms with E-state index in [1.54, 1.807) is 54.9 Å². The number of pyridine rings is 1. The highest BCUT2D eigenvalue weighted by molar-refractivity contribution is 7.89. The summed E-state index contributed by atoms with van der Waals surface area (Å²) < 4.78 is 58.0. The van der Waals surface area contributed by atoms with Crippen LogP contribution in [0.25, 0.3) is 10.8 Å². The molecule has 0 fully saturated rings. The SMILES string of the molecule is CCN(CCCCC(C)COS(=O)(=O)c1ccc(C)cc1)S(=O)(=O)c1cccc2cnccc12. The van der Waals surface area contributed by atoms with Crippen molar-refractivity contribution in [3.8, 4) is 0 Å². The summed E-state index contributed by atoms with van der Waals surface area (Å²) in [5.74, 6) is 0.0254. The maximum atomic E-state index is 13.3. The van der Waals surface area contributed by atoms with Crippen molar-refractivity contribution in [2.24, 2.45) is 5.92 Å². The Bertz CT molecular complexity index is 1300. The third kappa shape index (κ3) is 6.41. The fraction of sp³-hybridized carbons (Fsp3) is 0.400. The van der Waals surface area contributed by atoms with Crippen molar-refractivity contribution in [2.75, 3.05) is 19.7 Å². The second-order valence-electron chi connectivity index (χ2n) is 8.50. The molecule has 0 radical (unpaired) electrons. The van der Waals surface area contributed by atoms with Crippen molar-refractivity contribution in [1.29, 1.82) is 0 Å². The van der Waals surface area contributed by atoms with E-state index in [0.29, 0.717) is 24.9 Å². The molecular weight excluding hydrogens is 472 g/mol. The fourth-order valence-electron chi connectivity index (χ4n) is 3.75.